The summed E-state index contributed by atoms with van der Waals surface area (Å²) < 4.78 is 31.2. The summed E-state index contributed by atoms with van der Waals surface area (Å²) in [5.41, 5.74) is 0.986. The van der Waals surface area contributed by atoms with Crippen LogP contribution in [0.2, 0.25) is 0 Å². The molecule has 30 heavy (non-hydrogen) atoms. The van der Waals surface area contributed by atoms with Crippen molar-refractivity contribution in [3.8, 4) is 17.6 Å². The van der Waals surface area contributed by atoms with Crippen LogP contribution in [0.1, 0.15) is 37.9 Å². The van der Waals surface area contributed by atoms with Gasteiger partial charge in [-0.25, -0.2) is 9.18 Å². The minimum absolute atomic E-state index is 0.0183. The van der Waals surface area contributed by atoms with Crippen molar-refractivity contribution in [1.82, 2.24) is 0 Å². The van der Waals surface area contributed by atoms with E-state index in [9.17, 15) is 9.18 Å². The number of ether oxygens (including phenoxy) is 3. The summed E-state index contributed by atoms with van der Waals surface area (Å²) in [5, 5.41) is 20.9. The second kappa shape index (κ2) is 11.0. The number of esters is 1. The highest BCUT2D eigenvalue weighted by atomic mass is 19.1. The Morgan fingerprint density at radius 3 is 2.43 bits per heavy atom. The lowest BCUT2D eigenvalue weighted by Gasteiger charge is -2.22. The van der Waals surface area contributed by atoms with Gasteiger partial charge in [-0.15, -0.1) is 0 Å². The van der Waals surface area contributed by atoms with Crippen LogP contribution in [0.4, 0.5) is 10.1 Å². The number of rotatable bonds is 10. The van der Waals surface area contributed by atoms with Crippen molar-refractivity contribution in [2.24, 2.45) is 0 Å². The maximum atomic E-state index is 15.0. The summed E-state index contributed by atoms with van der Waals surface area (Å²) in [4.78, 5) is 12.8. The smallest absolute Gasteiger partial charge is 0.333 e. The van der Waals surface area contributed by atoms with E-state index in [0.717, 1.165) is 6.07 Å². The lowest BCUT2D eigenvalue weighted by molar-refractivity contribution is -0.148. The average molecular weight is 416 g/mol. The quantitative estimate of drug-likeness (QED) is 0.571. The molecule has 2 aromatic rings. The van der Waals surface area contributed by atoms with Crippen molar-refractivity contribution in [3.05, 3.63) is 53.3 Å². The van der Waals surface area contributed by atoms with Crippen LogP contribution in [0.3, 0.4) is 0 Å². The normalized spacial score (nSPS) is 11.5. The minimum Gasteiger partial charge on any atom is -0.490 e. The SMILES string of the molecule is CCOc1cc(C(Nc2ccc(C#N)cc2)C(=O)OC(C)C)c(F)cc1OCCO. The van der Waals surface area contributed by atoms with Crippen molar-refractivity contribution >= 4 is 11.7 Å². The number of halogens is 1. The van der Waals surface area contributed by atoms with Crippen molar-refractivity contribution < 1.29 is 28.5 Å². The molecular weight excluding hydrogens is 391 g/mol. The maximum Gasteiger partial charge on any atom is 0.333 e. The van der Waals surface area contributed by atoms with Crippen LogP contribution >= 0.6 is 0 Å². The molecule has 2 N–H and O–H groups in total. The molecule has 0 heterocycles. The summed E-state index contributed by atoms with van der Waals surface area (Å²) in [6, 6.07) is 9.76. The van der Waals surface area contributed by atoms with Crippen LogP contribution in [-0.2, 0) is 9.53 Å². The first kappa shape index (κ1) is 23.0. The maximum absolute atomic E-state index is 15.0. The largest absolute Gasteiger partial charge is 0.490 e. The number of nitriles is 1. The third-order valence-electron chi connectivity index (χ3n) is 3.94. The van der Waals surface area contributed by atoms with Gasteiger partial charge < -0.3 is 24.6 Å². The second-order valence-corrected chi connectivity index (χ2v) is 6.58. The Hall–Kier alpha value is -3.31. The molecule has 0 fully saturated rings. The van der Waals surface area contributed by atoms with E-state index in [0.29, 0.717) is 17.9 Å². The molecule has 0 saturated carbocycles. The van der Waals surface area contributed by atoms with E-state index >= 15 is 0 Å². The van der Waals surface area contributed by atoms with E-state index in [1.54, 1.807) is 45.0 Å². The van der Waals surface area contributed by atoms with Gasteiger partial charge in [0.15, 0.2) is 17.5 Å². The number of aliphatic hydroxyl groups is 1. The Morgan fingerprint density at radius 1 is 1.20 bits per heavy atom. The Bertz CT molecular complexity index is 894. The molecule has 0 aromatic heterocycles. The molecule has 8 heteroatoms. The fraction of sp³-hybridized carbons (Fsp3) is 0.364. The molecule has 0 spiro atoms. The number of carbonyl (C=O) groups is 1. The van der Waals surface area contributed by atoms with Gasteiger partial charge in [0, 0.05) is 17.3 Å². The summed E-state index contributed by atoms with van der Waals surface area (Å²) in [5.74, 6) is -0.995. The predicted molar refractivity (Wildman–Crippen MR) is 109 cm³/mol. The molecule has 7 nitrogen and oxygen atoms in total. The molecular formula is C22H25FN2O5. The van der Waals surface area contributed by atoms with Gasteiger partial charge in [-0.2, -0.15) is 5.26 Å². The van der Waals surface area contributed by atoms with Gasteiger partial charge in [-0.3, -0.25) is 0 Å². The van der Waals surface area contributed by atoms with E-state index in [1.807, 2.05) is 6.07 Å². The molecule has 0 radical (unpaired) electrons. The van der Waals surface area contributed by atoms with Gasteiger partial charge >= 0.3 is 5.97 Å². The molecule has 1 atom stereocenters. The first-order valence-electron chi connectivity index (χ1n) is 9.56. The molecule has 0 amide bonds. The summed E-state index contributed by atoms with van der Waals surface area (Å²) in [6.45, 7) is 5.19. The molecule has 2 aromatic carbocycles. The Kier molecular flexibility index (Phi) is 8.44. The van der Waals surface area contributed by atoms with Crippen LogP contribution in [0.5, 0.6) is 11.5 Å². The average Bonchev–Trinajstić information content (AvgIpc) is 2.72. The number of hydrogen-bond donors (Lipinski definition) is 2. The highest BCUT2D eigenvalue weighted by molar-refractivity contribution is 5.81. The van der Waals surface area contributed by atoms with E-state index in [-0.39, 0.29) is 30.3 Å². The van der Waals surface area contributed by atoms with E-state index in [2.05, 4.69) is 5.32 Å². The molecule has 0 aliphatic rings. The molecule has 160 valence electrons. The Labute approximate surface area is 175 Å². The molecule has 0 aliphatic heterocycles. The number of carbonyl (C=O) groups excluding carboxylic acids is 1. The molecule has 0 bridgehead atoms. The van der Waals surface area contributed by atoms with E-state index in [4.69, 9.17) is 24.6 Å². The first-order chi connectivity index (χ1) is 14.4. The van der Waals surface area contributed by atoms with Crippen LogP contribution in [0.25, 0.3) is 0 Å². The van der Waals surface area contributed by atoms with Crippen LogP contribution in [0.15, 0.2) is 36.4 Å². The Morgan fingerprint density at radius 2 is 1.87 bits per heavy atom. The zero-order chi connectivity index (χ0) is 22.1. The van der Waals surface area contributed by atoms with Gasteiger partial charge in [0.05, 0.1) is 31.0 Å². The molecule has 2 rings (SSSR count). The standard InChI is InChI=1S/C22H25FN2O5/c1-4-28-19-11-17(18(23)12-20(19)29-10-9-26)21(22(27)30-14(2)3)25-16-7-5-15(13-24)6-8-16/h5-8,11-12,14,21,25-26H,4,9-10H2,1-3H3. The first-order valence-corrected chi connectivity index (χ1v) is 9.56. The zero-order valence-corrected chi connectivity index (χ0v) is 17.1. The minimum atomic E-state index is -1.16. The summed E-state index contributed by atoms with van der Waals surface area (Å²) in [7, 11) is 0. The van der Waals surface area contributed by atoms with Gasteiger partial charge in [-0.1, -0.05) is 0 Å². The number of anilines is 1. The summed E-state index contributed by atoms with van der Waals surface area (Å²) >= 11 is 0. The highest BCUT2D eigenvalue weighted by Crippen LogP contribution is 2.35. The Balaban J connectivity index is 2.46. The van der Waals surface area contributed by atoms with Crippen LogP contribution < -0.4 is 14.8 Å². The predicted octanol–water partition coefficient (Wildman–Crippen LogP) is 3.57. The number of aliphatic hydroxyl groups excluding tert-OH is 1. The second-order valence-electron chi connectivity index (χ2n) is 6.58. The number of benzene rings is 2. The highest BCUT2D eigenvalue weighted by Gasteiger charge is 2.28. The third kappa shape index (κ3) is 6.09. The number of nitrogens with one attached hydrogen (secondary N) is 1. The van der Waals surface area contributed by atoms with Crippen molar-refractivity contribution in [3.63, 3.8) is 0 Å². The fourth-order valence-corrected chi connectivity index (χ4v) is 2.68. The van der Waals surface area contributed by atoms with Gasteiger partial charge in [-0.05, 0) is 51.1 Å². The number of nitrogens with zero attached hydrogens (tertiary/aromatic N) is 1. The zero-order valence-electron chi connectivity index (χ0n) is 17.1. The van der Waals surface area contributed by atoms with Crippen molar-refractivity contribution in [1.29, 1.82) is 5.26 Å². The summed E-state index contributed by atoms with van der Waals surface area (Å²) in [6.07, 6.45) is -0.399. The molecule has 1 unspecified atom stereocenters. The lowest BCUT2D eigenvalue weighted by Crippen LogP contribution is -2.26. The van der Waals surface area contributed by atoms with Gasteiger partial charge in [0.1, 0.15) is 12.4 Å². The lowest BCUT2D eigenvalue weighted by atomic mass is 10.0. The van der Waals surface area contributed by atoms with Crippen LogP contribution in [-0.4, -0.2) is 37.0 Å². The number of hydrogen-bond acceptors (Lipinski definition) is 7. The molecule has 0 aliphatic carbocycles. The topological polar surface area (TPSA) is 101 Å². The van der Waals surface area contributed by atoms with Crippen molar-refractivity contribution in [2.75, 3.05) is 25.1 Å². The van der Waals surface area contributed by atoms with Gasteiger partial charge in [0.25, 0.3) is 0 Å². The third-order valence-corrected chi connectivity index (χ3v) is 3.94. The molecule has 0 saturated heterocycles. The van der Waals surface area contributed by atoms with Crippen molar-refractivity contribution in [2.45, 2.75) is 32.9 Å². The van der Waals surface area contributed by atoms with Crippen LogP contribution in [0, 0.1) is 17.1 Å². The van der Waals surface area contributed by atoms with Gasteiger partial charge in [0.2, 0.25) is 0 Å². The monoisotopic (exact) mass is 416 g/mol. The fourth-order valence-electron chi connectivity index (χ4n) is 2.68. The van der Waals surface area contributed by atoms with E-state index < -0.39 is 23.9 Å². The van der Waals surface area contributed by atoms with E-state index in [1.165, 1.54) is 6.07 Å².